The number of hydrogen-bond acceptors (Lipinski definition) is 3. The van der Waals surface area contributed by atoms with E-state index < -0.39 is 0 Å². The Labute approximate surface area is 122 Å². The maximum atomic E-state index is 12.2. The second-order valence-corrected chi connectivity index (χ2v) is 5.47. The summed E-state index contributed by atoms with van der Waals surface area (Å²) < 4.78 is 0. The number of benzene rings is 1. The average molecular weight is 278 g/mol. The molecule has 20 heavy (non-hydrogen) atoms. The molecule has 1 aromatic carbocycles. The Morgan fingerprint density at radius 1 is 1.20 bits per heavy atom. The van der Waals surface area contributed by atoms with E-state index in [4.69, 9.17) is 0 Å². The quantitative estimate of drug-likeness (QED) is 0.828. The molecule has 0 aliphatic carbocycles. The van der Waals surface area contributed by atoms with Crippen molar-refractivity contribution in [2.45, 2.75) is 32.4 Å². The molecule has 112 valence electrons. The molecule has 0 bridgehead atoms. The van der Waals surface area contributed by atoms with Gasteiger partial charge in [-0.2, -0.15) is 0 Å². The van der Waals surface area contributed by atoms with Crippen LogP contribution >= 0.6 is 0 Å². The first kappa shape index (κ1) is 16.7. The molecule has 0 aliphatic heterocycles. The second-order valence-electron chi connectivity index (χ2n) is 5.47. The van der Waals surface area contributed by atoms with Crippen molar-refractivity contribution >= 4 is 5.91 Å². The van der Waals surface area contributed by atoms with Gasteiger partial charge in [-0.25, -0.2) is 0 Å². The third-order valence-corrected chi connectivity index (χ3v) is 3.59. The van der Waals surface area contributed by atoms with Crippen molar-refractivity contribution in [3.05, 3.63) is 35.9 Å². The molecule has 1 N–H and O–H groups in total. The highest BCUT2D eigenvalue weighted by molar-refractivity contribution is 5.78. The summed E-state index contributed by atoms with van der Waals surface area (Å²) in [4.78, 5) is 16.0. The van der Waals surface area contributed by atoms with Crippen LogP contribution in [0.5, 0.6) is 0 Å². The van der Waals surface area contributed by atoms with Crippen LogP contribution < -0.4 is 0 Å². The van der Waals surface area contributed by atoms with Crippen LogP contribution in [0.15, 0.2) is 30.3 Å². The molecular formula is C16H26N2O2. The molecule has 0 saturated heterocycles. The van der Waals surface area contributed by atoms with Crippen molar-refractivity contribution in [3.8, 4) is 0 Å². The van der Waals surface area contributed by atoms with Crippen LogP contribution in [0.25, 0.3) is 0 Å². The van der Waals surface area contributed by atoms with Gasteiger partial charge in [-0.15, -0.1) is 0 Å². The van der Waals surface area contributed by atoms with Crippen molar-refractivity contribution in [1.82, 2.24) is 9.80 Å². The first-order valence-electron chi connectivity index (χ1n) is 7.09. The van der Waals surface area contributed by atoms with E-state index in [9.17, 15) is 9.90 Å². The molecule has 0 aliphatic rings. The molecule has 0 fully saturated rings. The molecule has 1 amide bonds. The van der Waals surface area contributed by atoms with Crippen LogP contribution in [-0.4, -0.2) is 54.1 Å². The van der Waals surface area contributed by atoms with Gasteiger partial charge in [0, 0.05) is 13.6 Å². The number of likely N-dealkylation sites (N-methyl/N-ethyl adjacent to an activating group) is 2. The first-order chi connectivity index (χ1) is 9.41. The minimum absolute atomic E-state index is 0.0638. The van der Waals surface area contributed by atoms with Crippen LogP contribution in [0.2, 0.25) is 0 Å². The lowest BCUT2D eigenvalue weighted by Gasteiger charge is -2.27. The van der Waals surface area contributed by atoms with Crippen LogP contribution in [0.1, 0.15) is 31.9 Å². The van der Waals surface area contributed by atoms with Gasteiger partial charge in [0.2, 0.25) is 5.91 Å². The zero-order chi connectivity index (χ0) is 15.1. The van der Waals surface area contributed by atoms with Crippen molar-refractivity contribution < 1.29 is 9.90 Å². The summed E-state index contributed by atoms with van der Waals surface area (Å²) in [5.74, 6) is 0.0921. The zero-order valence-corrected chi connectivity index (χ0v) is 12.9. The summed E-state index contributed by atoms with van der Waals surface area (Å²) in [5.41, 5.74) is 1.13. The summed E-state index contributed by atoms with van der Waals surface area (Å²) in [7, 11) is 3.74. The standard InChI is InChI=1S/C16H26N2O2/c1-13(19)10-11-17(3)12-16(20)18(4)14(2)15-8-6-5-7-9-15/h5-9,13-14,19H,10-12H2,1-4H3. The molecule has 0 aromatic heterocycles. The Hall–Kier alpha value is -1.39. The summed E-state index contributed by atoms with van der Waals surface area (Å²) >= 11 is 0. The topological polar surface area (TPSA) is 43.8 Å². The molecular weight excluding hydrogens is 252 g/mol. The van der Waals surface area contributed by atoms with Gasteiger partial charge in [-0.05, 0) is 32.9 Å². The SMILES string of the molecule is CC(O)CCN(C)CC(=O)N(C)C(C)c1ccccc1. The Morgan fingerprint density at radius 3 is 2.35 bits per heavy atom. The lowest BCUT2D eigenvalue weighted by molar-refractivity contribution is -0.132. The molecule has 1 aromatic rings. The van der Waals surface area contributed by atoms with Crippen molar-refractivity contribution in [2.75, 3.05) is 27.2 Å². The van der Waals surface area contributed by atoms with E-state index in [2.05, 4.69) is 0 Å². The van der Waals surface area contributed by atoms with E-state index in [0.717, 1.165) is 12.1 Å². The largest absolute Gasteiger partial charge is 0.393 e. The second kappa shape index (κ2) is 8.02. The summed E-state index contributed by atoms with van der Waals surface area (Å²) in [6.45, 7) is 4.89. The number of aliphatic hydroxyl groups excluding tert-OH is 1. The molecule has 0 heterocycles. The fourth-order valence-corrected chi connectivity index (χ4v) is 2.00. The number of hydrogen-bond donors (Lipinski definition) is 1. The average Bonchev–Trinajstić information content (AvgIpc) is 2.44. The molecule has 0 spiro atoms. The summed E-state index contributed by atoms with van der Waals surface area (Å²) in [6.07, 6.45) is 0.357. The smallest absolute Gasteiger partial charge is 0.236 e. The van der Waals surface area contributed by atoms with Crippen LogP contribution in [0, 0.1) is 0 Å². The molecule has 0 radical (unpaired) electrons. The maximum Gasteiger partial charge on any atom is 0.236 e. The minimum Gasteiger partial charge on any atom is -0.393 e. The van der Waals surface area contributed by atoms with E-state index in [1.807, 2.05) is 56.3 Å². The maximum absolute atomic E-state index is 12.2. The number of carbonyl (C=O) groups is 1. The van der Waals surface area contributed by atoms with Gasteiger partial charge in [-0.3, -0.25) is 9.69 Å². The normalized spacial score (nSPS) is 14.1. The van der Waals surface area contributed by atoms with E-state index in [1.165, 1.54) is 0 Å². The van der Waals surface area contributed by atoms with Gasteiger partial charge in [-0.1, -0.05) is 30.3 Å². The van der Waals surface area contributed by atoms with E-state index in [-0.39, 0.29) is 18.1 Å². The van der Waals surface area contributed by atoms with E-state index in [1.54, 1.807) is 11.8 Å². The monoisotopic (exact) mass is 278 g/mol. The lowest BCUT2D eigenvalue weighted by atomic mass is 10.1. The van der Waals surface area contributed by atoms with Gasteiger partial charge in [0.1, 0.15) is 0 Å². The molecule has 4 nitrogen and oxygen atoms in total. The molecule has 1 rings (SSSR count). The minimum atomic E-state index is -0.325. The highest BCUT2D eigenvalue weighted by atomic mass is 16.3. The Morgan fingerprint density at radius 2 is 1.80 bits per heavy atom. The van der Waals surface area contributed by atoms with Crippen molar-refractivity contribution in [1.29, 1.82) is 0 Å². The van der Waals surface area contributed by atoms with Gasteiger partial charge >= 0.3 is 0 Å². The number of amides is 1. The fourth-order valence-electron chi connectivity index (χ4n) is 2.00. The Bertz CT molecular complexity index is 406. The van der Waals surface area contributed by atoms with Gasteiger partial charge < -0.3 is 10.0 Å². The molecule has 0 saturated carbocycles. The van der Waals surface area contributed by atoms with Crippen molar-refractivity contribution in [3.63, 3.8) is 0 Å². The lowest BCUT2D eigenvalue weighted by Crippen LogP contribution is -2.38. The summed E-state index contributed by atoms with van der Waals surface area (Å²) in [5, 5.41) is 9.26. The van der Waals surface area contributed by atoms with E-state index in [0.29, 0.717) is 13.0 Å². The van der Waals surface area contributed by atoms with Gasteiger partial charge in [0.15, 0.2) is 0 Å². The predicted octanol–water partition coefficient (Wildman–Crippen LogP) is 1.91. The zero-order valence-electron chi connectivity index (χ0n) is 12.9. The van der Waals surface area contributed by atoms with Gasteiger partial charge in [0.05, 0.1) is 18.7 Å². The first-order valence-corrected chi connectivity index (χ1v) is 7.09. The fraction of sp³-hybridized carbons (Fsp3) is 0.562. The van der Waals surface area contributed by atoms with E-state index >= 15 is 0 Å². The number of rotatable bonds is 7. The Balaban J connectivity index is 2.50. The molecule has 2 atom stereocenters. The highest BCUT2D eigenvalue weighted by Crippen LogP contribution is 2.18. The summed E-state index contributed by atoms with van der Waals surface area (Å²) in [6, 6.07) is 10.1. The van der Waals surface area contributed by atoms with Crippen molar-refractivity contribution in [2.24, 2.45) is 0 Å². The molecule has 2 unspecified atom stereocenters. The van der Waals surface area contributed by atoms with Crippen LogP contribution in [0.3, 0.4) is 0 Å². The third kappa shape index (κ3) is 5.31. The number of nitrogens with zero attached hydrogens (tertiary/aromatic N) is 2. The number of carbonyl (C=O) groups excluding carboxylic acids is 1. The predicted molar refractivity (Wildman–Crippen MR) is 81.4 cm³/mol. The third-order valence-electron chi connectivity index (χ3n) is 3.59. The van der Waals surface area contributed by atoms with Crippen LogP contribution in [-0.2, 0) is 4.79 Å². The highest BCUT2D eigenvalue weighted by Gasteiger charge is 2.18. The Kier molecular flexibility index (Phi) is 6.68. The number of aliphatic hydroxyl groups is 1. The van der Waals surface area contributed by atoms with Crippen LogP contribution in [0.4, 0.5) is 0 Å². The molecule has 4 heteroatoms. The van der Waals surface area contributed by atoms with Gasteiger partial charge in [0.25, 0.3) is 0 Å².